The second-order valence-electron chi connectivity index (χ2n) is 3.65. The number of hydrogen-bond donors (Lipinski definition) is 2. The van der Waals surface area contributed by atoms with Gasteiger partial charge in [0.05, 0.1) is 0 Å². The Kier molecular flexibility index (Phi) is 5.05. The summed E-state index contributed by atoms with van der Waals surface area (Å²) in [7, 11) is 0. The first-order valence-electron chi connectivity index (χ1n) is 5.25. The van der Waals surface area contributed by atoms with Gasteiger partial charge in [-0.25, -0.2) is 0 Å². The van der Waals surface area contributed by atoms with Crippen molar-refractivity contribution in [1.29, 1.82) is 0 Å². The van der Waals surface area contributed by atoms with Gasteiger partial charge in [-0.15, -0.1) is 0 Å². The van der Waals surface area contributed by atoms with E-state index in [1.165, 1.54) is 5.56 Å². The van der Waals surface area contributed by atoms with Gasteiger partial charge in [-0.2, -0.15) is 0 Å². The van der Waals surface area contributed by atoms with Crippen LogP contribution in [0.3, 0.4) is 0 Å². The lowest BCUT2D eigenvalue weighted by molar-refractivity contribution is -0.109. The zero-order valence-electron chi connectivity index (χ0n) is 9.27. The lowest BCUT2D eigenvalue weighted by Gasteiger charge is -2.11. The summed E-state index contributed by atoms with van der Waals surface area (Å²) < 4.78 is 0. The van der Waals surface area contributed by atoms with Crippen LogP contribution < -0.4 is 10.6 Å². The first-order chi connectivity index (χ1) is 7.77. The number of amides is 2. The minimum Gasteiger partial charge on any atom is -0.359 e. The molecular weight excluding hydrogens is 204 g/mol. The van der Waals surface area contributed by atoms with Crippen LogP contribution in [0.1, 0.15) is 24.8 Å². The molecule has 0 saturated carbocycles. The molecule has 0 aromatic heterocycles. The van der Waals surface area contributed by atoms with E-state index in [2.05, 4.69) is 17.6 Å². The maximum atomic E-state index is 10.2. The quantitative estimate of drug-likeness (QED) is 0.540. The highest BCUT2D eigenvalue weighted by atomic mass is 16.1. The smallest absolute Gasteiger partial charge is 0.211 e. The second kappa shape index (κ2) is 6.61. The molecule has 0 aliphatic carbocycles. The van der Waals surface area contributed by atoms with E-state index in [1.54, 1.807) is 0 Å². The molecule has 0 heterocycles. The molecule has 0 fully saturated rings. The third kappa shape index (κ3) is 3.73. The molecule has 2 N–H and O–H groups in total. The summed E-state index contributed by atoms with van der Waals surface area (Å²) in [4.78, 5) is 20.3. The van der Waals surface area contributed by atoms with Crippen LogP contribution in [0.15, 0.2) is 24.3 Å². The highest BCUT2D eigenvalue weighted by Gasteiger charge is 2.04. The van der Waals surface area contributed by atoms with Gasteiger partial charge in [-0.1, -0.05) is 19.1 Å². The van der Waals surface area contributed by atoms with Gasteiger partial charge in [0.25, 0.3) is 0 Å². The molecule has 4 heteroatoms. The first kappa shape index (κ1) is 12.2. The van der Waals surface area contributed by atoms with Gasteiger partial charge in [0.15, 0.2) is 0 Å². The van der Waals surface area contributed by atoms with Crippen molar-refractivity contribution in [1.82, 2.24) is 5.32 Å². The van der Waals surface area contributed by atoms with E-state index < -0.39 is 0 Å². The number of carbonyl (C=O) groups is 2. The third-order valence-corrected chi connectivity index (χ3v) is 2.51. The Bertz CT molecular complexity index is 335. The maximum absolute atomic E-state index is 10.2. The molecule has 1 rings (SSSR count). The largest absolute Gasteiger partial charge is 0.359 e. The molecule has 0 aliphatic rings. The first-order valence-corrected chi connectivity index (χ1v) is 5.25. The molecule has 86 valence electrons. The summed E-state index contributed by atoms with van der Waals surface area (Å²) in [6, 6.07) is 7.70. The monoisotopic (exact) mass is 220 g/mol. The molecule has 0 aliphatic heterocycles. The summed E-state index contributed by atoms with van der Waals surface area (Å²) in [6.07, 6.45) is 2.27. The van der Waals surface area contributed by atoms with Gasteiger partial charge in [-0.05, 0) is 30.0 Å². The van der Waals surface area contributed by atoms with Crippen LogP contribution in [0.4, 0.5) is 5.69 Å². The summed E-state index contributed by atoms with van der Waals surface area (Å²) >= 11 is 0. The molecule has 2 amide bonds. The lowest BCUT2D eigenvalue weighted by atomic mass is 9.98. The van der Waals surface area contributed by atoms with E-state index in [4.69, 9.17) is 0 Å². The number of rotatable bonds is 7. The summed E-state index contributed by atoms with van der Waals surface area (Å²) in [5.74, 6) is 0.387. The molecule has 4 nitrogen and oxygen atoms in total. The minimum atomic E-state index is 0.387. The fourth-order valence-corrected chi connectivity index (χ4v) is 1.50. The van der Waals surface area contributed by atoms with Crippen LogP contribution in [-0.4, -0.2) is 19.4 Å². The molecule has 16 heavy (non-hydrogen) atoms. The van der Waals surface area contributed by atoms with Gasteiger partial charge in [0.2, 0.25) is 12.8 Å². The van der Waals surface area contributed by atoms with E-state index in [0.29, 0.717) is 25.3 Å². The Hall–Kier alpha value is -1.84. The van der Waals surface area contributed by atoms with Crippen molar-refractivity contribution in [3.05, 3.63) is 29.8 Å². The molecule has 1 aromatic carbocycles. The molecule has 1 aromatic rings. The summed E-state index contributed by atoms with van der Waals surface area (Å²) in [5, 5.41) is 5.23. The minimum absolute atomic E-state index is 0.387. The topological polar surface area (TPSA) is 58.2 Å². The molecule has 1 atom stereocenters. The Labute approximate surface area is 95.0 Å². The standard InChI is InChI=1S/C12H16N2O2/c1-10(6-7-13-8-15)11-2-4-12(5-3-11)14-9-16/h2-5,8-10H,6-7H2,1H3,(H,13,15)(H,14,16). The van der Waals surface area contributed by atoms with Gasteiger partial charge in [0.1, 0.15) is 0 Å². The van der Waals surface area contributed by atoms with Crippen molar-refractivity contribution in [2.24, 2.45) is 0 Å². The molecule has 1 unspecified atom stereocenters. The van der Waals surface area contributed by atoms with Crippen LogP contribution in [0.5, 0.6) is 0 Å². The summed E-state index contributed by atoms with van der Waals surface area (Å²) in [6.45, 7) is 2.79. The van der Waals surface area contributed by atoms with Gasteiger partial charge >= 0.3 is 0 Å². The van der Waals surface area contributed by atoms with E-state index in [0.717, 1.165) is 12.1 Å². The lowest BCUT2D eigenvalue weighted by Crippen LogP contribution is -2.14. The van der Waals surface area contributed by atoms with E-state index in [1.807, 2.05) is 24.3 Å². The second-order valence-corrected chi connectivity index (χ2v) is 3.65. The normalized spacial score (nSPS) is 11.6. The Balaban J connectivity index is 2.51. The van der Waals surface area contributed by atoms with Gasteiger partial charge in [0, 0.05) is 12.2 Å². The fourth-order valence-electron chi connectivity index (χ4n) is 1.50. The average Bonchev–Trinajstić information content (AvgIpc) is 2.30. The summed E-state index contributed by atoms with van der Waals surface area (Å²) in [5.41, 5.74) is 1.99. The Morgan fingerprint density at radius 3 is 2.44 bits per heavy atom. The number of carbonyl (C=O) groups excluding carboxylic acids is 2. The highest BCUT2D eigenvalue weighted by molar-refractivity contribution is 5.71. The molecule has 0 spiro atoms. The average molecular weight is 220 g/mol. The zero-order valence-corrected chi connectivity index (χ0v) is 9.27. The molecule has 0 saturated heterocycles. The van der Waals surface area contributed by atoms with Crippen LogP contribution in [-0.2, 0) is 9.59 Å². The molecule has 0 bridgehead atoms. The number of anilines is 1. The van der Waals surface area contributed by atoms with Crippen molar-refractivity contribution in [3.63, 3.8) is 0 Å². The van der Waals surface area contributed by atoms with Crippen LogP contribution in [0.25, 0.3) is 0 Å². The van der Waals surface area contributed by atoms with Crippen molar-refractivity contribution < 1.29 is 9.59 Å². The van der Waals surface area contributed by atoms with Crippen molar-refractivity contribution in [2.45, 2.75) is 19.3 Å². The van der Waals surface area contributed by atoms with E-state index >= 15 is 0 Å². The van der Waals surface area contributed by atoms with E-state index in [-0.39, 0.29) is 0 Å². The van der Waals surface area contributed by atoms with Crippen molar-refractivity contribution >= 4 is 18.5 Å². The fraction of sp³-hybridized carbons (Fsp3) is 0.333. The molecule has 0 radical (unpaired) electrons. The SMILES string of the molecule is CC(CCNC=O)c1ccc(NC=O)cc1. The predicted molar refractivity (Wildman–Crippen MR) is 63.2 cm³/mol. The van der Waals surface area contributed by atoms with Crippen molar-refractivity contribution in [2.75, 3.05) is 11.9 Å². The van der Waals surface area contributed by atoms with Crippen LogP contribution in [0, 0.1) is 0 Å². The third-order valence-electron chi connectivity index (χ3n) is 2.51. The zero-order chi connectivity index (χ0) is 11.8. The van der Waals surface area contributed by atoms with Gasteiger partial charge in [-0.3, -0.25) is 9.59 Å². The number of nitrogens with one attached hydrogen (secondary N) is 2. The van der Waals surface area contributed by atoms with Crippen molar-refractivity contribution in [3.8, 4) is 0 Å². The Morgan fingerprint density at radius 1 is 1.19 bits per heavy atom. The number of hydrogen-bond acceptors (Lipinski definition) is 2. The molecular formula is C12H16N2O2. The maximum Gasteiger partial charge on any atom is 0.211 e. The van der Waals surface area contributed by atoms with E-state index in [9.17, 15) is 9.59 Å². The number of benzene rings is 1. The van der Waals surface area contributed by atoms with Crippen LogP contribution in [0.2, 0.25) is 0 Å². The highest BCUT2D eigenvalue weighted by Crippen LogP contribution is 2.20. The Morgan fingerprint density at radius 2 is 1.88 bits per heavy atom. The van der Waals surface area contributed by atoms with Gasteiger partial charge < -0.3 is 10.6 Å². The predicted octanol–water partition coefficient (Wildman–Crippen LogP) is 1.49. The van der Waals surface area contributed by atoms with Crippen LogP contribution >= 0.6 is 0 Å².